The van der Waals surface area contributed by atoms with Gasteiger partial charge in [0.05, 0.1) is 32.5 Å². The van der Waals surface area contributed by atoms with Crippen LogP contribution in [0.5, 0.6) is 23.0 Å². The molecule has 8 nitrogen and oxygen atoms in total. The Kier molecular flexibility index (Phi) is 6.78. The van der Waals surface area contributed by atoms with Crippen LogP contribution in [0.4, 0.5) is 5.69 Å². The molecule has 0 bridgehead atoms. The number of carbonyl (C=O) groups is 2. The van der Waals surface area contributed by atoms with E-state index < -0.39 is 18.5 Å². The zero-order valence-electron chi connectivity index (χ0n) is 16.4. The molecule has 1 amide bonds. The molecule has 154 valence electrons. The fourth-order valence-electron chi connectivity index (χ4n) is 2.72. The number of carbonyl (C=O) groups excluding carboxylic acids is 2. The van der Waals surface area contributed by atoms with Crippen molar-refractivity contribution in [1.29, 1.82) is 0 Å². The monoisotopic (exact) mass is 401 g/mol. The van der Waals surface area contributed by atoms with Crippen LogP contribution in [0.25, 0.3) is 0 Å². The van der Waals surface area contributed by atoms with E-state index in [-0.39, 0.29) is 5.56 Å². The highest BCUT2D eigenvalue weighted by molar-refractivity contribution is 5.96. The second kappa shape index (κ2) is 9.68. The third kappa shape index (κ3) is 5.31. The Morgan fingerprint density at radius 1 is 1.03 bits per heavy atom. The molecule has 0 saturated carbocycles. The van der Waals surface area contributed by atoms with Gasteiger partial charge in [0.15, 0.2) is 29.6 Å². The number of ether oxygens (including phenoxy) is 5. The normalized spacial score (nSPS) is 12.5. The minimum Gasteiger partial charge on any atom is -0.493 e. The van der Waals surface area contributed by atoms with Gasteiger partial charge in [-0.2, -0.15) is 0 Å². The molecule has 1 aliphatic heterocycles. The molecule has 0 atom stereocenters. The first-order valence-electron chi connectivity index (χ1n) is 9.28. The van der Waals surface area contributed by atoms with Crippen molar-refractivity contribution in [3.63, 3.8) is 0 Å². The first kappa shape index (κ1) is 20.3. The van der Waals surface area contributed by atoms with Crippen molar-refractivity contribution < 1.29 is 33.3 Å². The summed E-state index contributed by atoms with van der Waals surface area (Å²) < 4.78 is 26.9. The Morgan fingerprint density at radius 2 is 1.83 bits per heavy atom. The molecule has 0 aliphatic carbocycles. The van der Waals surface area contributed by atoms with E-state index in [2.05, 4.69) is 5.32 Å². The lowest BCUT2D eigenvalue weighted by atomic mass is 10.2. The van der Waals surface area contributed by atoms with E-state index in [4.69, 9.17) is 23.7 Å². The molecule has 0 aromatic heterocycles. The summed E-state index contributed by atoms with van der Waals surface area (Å²) in [6.45, 7) is 2.96. The molecule has 1 N–H and O–H groups in total. The molecule has 2 aromatic rings. The van der Waals surface area contributed by atoms with Crippen LogP contribution in [0, 0.1) is 0 Å². The van der Waals surface area contributed by atoms with Gasteiger partial charge in [0.25, 0.3) is 5.91 Å². The second-order valence-corrected chi connectivity index (χ2v) is 6.13. The smallest absolute Gasteiger partial charge is 0.338 e. The molecule has 0 unspecified atom stereocenters. The zero-order chi connectivity index (χ0) is 20.6. The van der Waals surface area contributed by atoms with E-state index in [1.54, 1.807) is 30.3 Å². The number of methoxy groups -OCH3 is 1. The van der Waals surface area contributed by atoms with Gasteiger partial charge in [0.2, 0.25) is 0 Å². The molecule has 8 heteroatoms. The maximum absolute atomic E-state index is 12.3. The Bertz CT molecular complexity index is 881. The molecule has 1 heterocycles. The lowest BCUT2D eigenvalue weighted by Gasteiger charge is -2.12. The summed E-state index contributed by atoms with van der Waals surface area (Å²) in [5, 5.41) is 2.67. The number of nitrogens with one attached hydrogen (secondary N) is 1. The largest absolute Gasteiger partial charge is 0.493 e. The van der Waals surface area contributed by atoms with Gasteiger partial charge in [-0.15, -0.1) is 0 Å². The summed E-state index contributed by atoms with van der Waals surface area (Å²) in [5.41, 5.74) is 0.788. The molecular formula is C21H23NO7. The number of hydrogen-bond donors (Lipinski definition) is 1. The summed E-state index contributed by atoms with van der Waals surface area (Å²) in [7, 11) is 1.51. The van der Waals surface area contributed by atoms with Gasteiger partial charge >= 0.3 is 5.97 Å². The van der Waals surface area contributed by atoms with Gasteiger partial charge in [-0.1, -0.05) is 0 Å². The first-order chi connectivity index (χ1) is 14.1. The van der Waals surface area contributed by atoms with Gasteiger partial charge in [0.1, 0.15) is 0 Å². The topological polar surface area (TPSA) is 92.3 Å². The van der Waals surface area contributed by atoms with Crippen LogP contribution in [0.15, 0.2) is 36.4 Å². The average Bonchev–Trinajstić information content (AvgIpc) is 2.97. The van der Waals surface area contributed by atoms with E-state index in [1.807, 2.05) is 6.92 Å². The number of amides is 1. The standard InChI is InChI=1S/C21H23NO7/c1-3-26-18-11-14(5-7-16(18)25-2)21(24)29-13-20(23)22-15-6-8-17-19(12-15)28-10-4-9-27-17/h5-8,11-12H,3-4,9-10,13H2,1-2H3,(H,22,23). The van der Waals surface area contributed by atoms with Crippen LogP contribution in [0.3, 0.4) is 0 Å². The van der Waals surface area contributed by atoms with Crippen LogP contribution < -0.4 is 24.3 Å². The SMILES string of the molecule is CCOc1cc(C(=O)OCC(=O)Nc2ccc3c(c2)OCCCO3)ccc1OC. The van der Waals surface area contributed by atoms with Crippen molar-refractivity contribution >= 4 is 17.6 Å². The van der Waals surface area contributed by atoms with Gasteiger partial charge in [0, 0.05) is 18.2 Å². The minimum absolute atomic E-state index is 0.262. The molecule has 29 heavy (non-hydrogen) atoms. The van der Waals surface area contributed by atoms with E-state index in [9.17, 15) is 9.59 Å². The number of benzene rings is 2. The van der Waals surface area contributed by atoms with Crippen molar-refractivity contribution in [3.8, 4) is 23.0 Å². The average molecular weight is 401 g/mol. The Labute approximate surface area is 168 Å². The van der Waals surface area contributed by atoms with Gasteiger partial charge in [-0.3, -0.25) is 4.79 Å². The van der Waals surface area contributed by atoms with Crippen molar-refractivity contribution in [2.45, 2.75) is 13.3 Å². The molecular weight excluding hydrogens is 378 g/mol. The molecule has 0 radical (unpaired) electrons. The number of anilines is 1. The molecule has 2 aromatic carbocycles. The van der Waals surface area contributed by atoms with Crippen LogP contribution in [0.1, 0.15) is 23.7 Å². The summed E-state index contributed by atoms with van der Waals surface area (Å²) in [6, 6.07) is 9.79. The van der Waals surface area contributed by atoms with E-state index in [1.165, 1.54) is 13.2 Å². The van der Waals surface area contributed by atoms with Crippen molar-refractivity contribution in [3.05, 3.63) is 42.0 Å². The highest BCUT2D eigenvalue weighted by atomic mass is 16.5. The summed E-state index contributed by atoms with van der Waals surface area (Å²) in [6.07, 6.45) is 0.794. The van der Waals surface area contributed by atoms with Crippen LogP contribution >= 0.6 is 0 Å². The fraction of sp³-hybridized carbons (Fsp3) is 0.333. The van der Waals surface area contributed by atoms with Crippen LogP contribution in [0.2, 0.25) is 0 Å². The van der Waals surface area contributed by atoms with Crippen molar-refractivity contribution in [2.75, 3.05) is 38.9 Å². The quantitative estimate of drug-likeness (QED) is 0.713. The van der Waals surface area contributed by atoms with Crippen molar-refractivity contribution in [1.82, 2.24) is 0 Å². The van der Waals surface area contributed by atoms with Crippen LogP contribution in [-0.2, 0) is 9.53 Å². The molecule has 1 aliphatic rings. The highest BCUT2D eigenvalue weighted by Gasteiger charge is 2.15. The number of hydrogen-bond acceptors (Lipinski definition) is 7. The van der Waals surface area contributed by atoms with E-state index >= 15 is 0 Å². The molecule has 3 rings (SSSR count). The molecule has 0 fully saturated rings. The molecule has 0 saturated heterocycles. The maximum Gasteiger partial charge on any atom is 0.338 e. The fourth-order valence-corrected chi connectivity index (χ4v) is 2.72. The Hall–Kier alpha value is -3.42. The Morgan fingerprint density at radius 3 is 2.59 bits per heavy atom. The third-order valence-corrected chi connectivity index (χ3v) is 4.06. The van der Waals surface area contributed by atoms with Gasteiger partial charge in [-0.25, -0.2) is 4.79 Å². The third-order valence-electron chi connectivity index (χ3n) is 4.06. The second-order valence-electron chi connectivity index (χ2n) is 6.13. The zero-order valence-corrected chi connectivity index (χ0v) is 16.4. The number of rotatable bonds is 7. The van der Waals surface area contributed by atoms with Gasteiger partial charge in [-0.05, 0) is 37.3 Å². The summed E-state index contributed by atoms with van der Waals surface area (Å²) in [5.74, 6) is 1.04. The lowest BCUT2D eigenvalue weighted by molar-refractivity contribution is -0.119. The Balaban J connectivity index is 1.57. The van der Waals surface area contributed by atoms with E-state index in [0.717, 1.165) is 6.42 Å². The molecule has 0 spiro atoms. The van der Waals surface area contributed by atoms with Crippen molar-refractivity contribution in [2.24, 2.45) is 0 Å². The summed E-state index contributed by atoms with van der Waals surface area (Å²) in [4.78, 5) is 24.4. The minimum atomic E-state index is -0.637. The predicted molar refractivity (Wildman–Crippen MR) is 105 cm³/mol. The van der Waals surface area contributed by atoms with Crippen LogP contribution in [-0.4, -0.2) is 45.4 Å². The van der Waals surface area contributed by atoms with E-state index in [0.29, 0.717) is 48.5 Å². The number of esters is 1. The predicted octanol–water partition coefficient (Wildman–Crippen LogP) is 3.05. The number of fused-ring (bicyclic) bond motifs is 1. The maximum atomic E-state index is 12.3. The van der Waals surface area contributed by atoms with Gasteiger partial charge < -0.3 is 29.0 Å². The first-order valence-corrected chi connectivity index (χ1v) is 9.28. The highest BCUT2D eigenvalue weighted by Crippen LogP contribution is 2.32. The lowest BCUT2D eigenvalue weighted by Crippen LogP contribution is -2.21. The summed E-state index contributed by atoms with van der Waals surface area (Å²) >= 11 is 0.